The number of nitrogens with one attached hydrogen (secondary N) is 2. The van der Waals surface area contributed by atoms with Crippen LogP contribution in [-0.2, 0) is 4.79 Å². The van der Waals surface area contributed by atoms with Gasteiger partial charge >= 0.3 is 0 Å². The predicted molar refractivity (Wildman–Crippen MR) is 74.6 cm³/mol. The van der Waals surface area contributed by atoms with Crippen molar-refractivity contribution in [2.75, 3.05) is 11.9 Å². The molecule has 0 spiro atoms. The number of nitro groups is 1. The molecule has 1 aromatic carbocycles. The minimum Gasteiger partial charge on any atom is -0.325 e. The van der Waals surface area contributed by atoms with Gasteiger partial charge in [-0.05, 0) is 18.6 Å². The monoisotopic (exact) mass is 285 g/mol. The summed E-state index contributed by atoms with van der Waals surface area (Å²) in [6.45, 7) is 5.71. The molecule has 1 rings (SSSR count). The van der Waals surface area contributed by atoms with Crippen LogP contribution in [0.4, 0.5) is 11.4 Å². The normalized spacial score (nSPS) is 10.6. The third kappa shape index (κ3) is 4.50. The Morgan fingerprint density at radius 3 is 2.63 bits per heavy atom. The van der Waals surface area contributed by atoms with E-state index in [2.05, 4.69) is 10.6 Å². The molecule has 0 aliphatic rings. The molecule has 0 saturated heterocycles. The summed E-state index contributed by atoms with van der Waals surface area (Å²) >= 11 is 5.80. The topological polar surface area (TPSA) is 84.3 Å². The van der Waals surface area contributed by atoms with E-state index in [1.54, 1.807) is 6.92 Å². The van der Waals surface area contributed by atoms with Gasteiger partial charge in [0, 0.05) is 17.8 Å². The molecule has 0 heterocycles. The third-order valence-electron chi connectivity index (χ3n) is 2.44. The van der Waals surface area contributed by atoms with Gasteiger partial charge in [0.2, 0.25) is 5.91 Å². The number of aryl methyl sites for hydroxylation is 1. The van der Waals surface area contributed by atoms with Crippen LogP contribution in [0.3, 0.4) is 0 Å². The van der Waals surface area contributed by atoms with Gasteiger partial charge in [-0.3, -0.25) is 14.9 Å². The van der Waals surface area contributed by atoms with Crippen molar-refractivity contribution < 1.29 is 9.72 Å². The highest BCUT2D eigenvalue weighted by Gasteiger charge is 2.16. The molecule has 0 bridgehead atoms. The van der Waals surface area contributed by atoms with E-state index in [1.807, 2.05) is 13.8 Å². The average molecular weight is 286 g/mol. The summed E-state index contributed by atoms with van der Waals surface area (Å²) in [5.41, 5.74) is 0.901. The molecule has 2 N–H and O–H groups in total. The standard InChI is InChI=1S/C12H16ClN3O3/c1-7(2)14-6-12(17)15-10-5-9(13)11(16(18)19)4-8(10)3/h4-5,7,14H,6H2,1-3H3,(H,15,17). The Labute approximate surface area is 116 Å². The number of carbonyl (C=O) groups excluding carboxylic acids is 1. The number of halogens is 1. The Morgan fingerprint density at radius 2 is 2.11 bits per heavy atom. The van der Waals surface area contributed by atoms with Gasteiger partial charge in [-0.15, -0.1) is 0 Å². The molecule has 0 fully saturated rings. The lowest BCUT2D eigenvalue weighted by Crippen LogP contribution is -2.32. The van der Waals surface area contributed by atoms with Gasteiger partial charge < -0.3 is 10.6 Å². The fraction of sp³-hybridized carbons (Fsp3) is 0.417. The summed E-state index contributed by atoms with van der Waals surface area (Å²) < 4.78 is 0. The van der Waals surface area contributed by atoms with Crippen LogP contribution >= 0.6 is 11.6 Å². The number of amides is 1. The summed E-state index contributed by atoms with van der Waals surface area (Å²) in [5, 5.41) is 16.4. The second-order valence-corrected chi connectivity index (χ2v) is 4.87. The van der Waals surface area contributed by atoms with Crippen molar-refractivity contribution >= 4 is 28.9 Å². The molecule has 0 aromatic heterocycles. The molecule has 0 aliphatic carbocycles. The summed E-state index contributed by atoms with van der Waals surface area (Å²) in [5.74, 6) is -0.221. The molecule has 1 aromatic rings. The van der Waals surface area contributed by atoms with Crippen LogP contribution in [-0.4, -0.2) is 23.4 Å². The number of nitro benzene ring substituents is 1. The smallest absolute Gasteiger partial charge is 0.288 e. The Hall–Kier alpha value is -1.66. The van der Waals surface area contributed by atoms with Crippen LogP contribution in [0, 0.1) is 17.0 Å². The second kappa shape index (κ2) is 6.49. The first kappa shape index (κ1) is 15.4. The number of hydrogen-bond acceptors (Lipinski definition) is 4. The van der Waals surface area contributed by atoms with Gasteiger partial charge in [-0.2, -0.15) is 0 Å². The van der Waals surface area contributed by atoms with Gasteiger partial charge in [0.05, 0.1) is 11.5 Å². The zero-order valence-electron chi connectivity index (χ0n) is 11.0. The zero-order chi connectivity index (χ0) is 14.6. The first-order valence-corrected chi connectivity index (χ1v) is 6.17. The van der Waals surface area contributed by atoms with Gasteiger partial charge in [0.15, 0.2) is 0 Å². The summed E-state index contributed by atoms with van der Waals surface area (Å²) in [7, 11) is 0. The molecule has 1 amide bonds. The second-order valence-electron chi connectivity index (χ2n) is 4.46. The SMILES string of the molecule is Cc1cc([N+](=O)[O-])c(Cl)cc1NC(=O)CNC(C)C. The van der Waals surface area contributed by atoms with Gasteiger partial charge in [0.25, 0.3) is 5.69 Å². The number of benzene rings is 1. The highest BCUT2D eigenvalue weighted by Crippen LogP contribution is 2.30. The lowest BCUT2D eigenvalue weighted by atomic mass is 10.1. The van der Waals surface area contributed by atoms with Crippen molar-refractivity contribution in [2.45, 2.75) is 26.8 Å². The van der Waals surface area contributed by atoms with E-state index in [9.17, 15) is 14.9 Å². The molecule has 0 unspecified atom stereocenters. The maximum Gasteiger partial charge on any atom is 0.288 e. The highest BCUT2D eigenvalue weighted by molar-refractivity contribution is 6.33. The van der Waals surface area contributed by atoms with Crippen molar-refractivity contribution in [3.63, 3.8) is 0 Å². The highest BCUT2D eigenvalue weighted by atomic mass is 35.5. The molecule has 6 nitrogen and oxygen atoms in total. The van der Waals surface area contributed by atoms with Crippen LogP contribution in [0.2, 0.25) is 5.02 Å². The Balaban J connectivity index is 2.82. The van der Waals surface area contributed by atoms with E-state index in [0.29, 0.717) is 11.3 Å². The molecular formula is C12H16ClN3O3. The van der Waals surface area contributed by atoms with Crippen LogP contribution in [0.1, 0.15) is 19.4 Å². The van der Waals surface area contributed by atoms with E-state index in [1.165, 1.54) is 12.1 Å². The lowest BCUT2D eigenvalue weighted by molar-refractivity contribution is -0.384. The van der Waals surface area contributed by atoms with Crippen LogP contribution in [0.25, 0.3) is 0 Å². The number of hydrogen-bond donors (Lipinski definition) is 2. The maximum atomic E-state index is 11.6. The van der Waals surface area contributed by atoms with Crippen molar-refractivity contribution in [3.8, 4) is 0 Å². The van der Waals surface area contributed by atoms with Crippen molar-refractivity contribution in [2.24, 2.45) is 0 Å². The number of rotatable bonds is 5. The van der Waals surface area contributed by atoms with Crippen molar-refractivity contribution in [1.82, 2.24) is 5.32 Å². The molecule has 0 radical (unpaired) electrons. The van der Waals surface area contributed by atoms with Crippen LogP contribution in [0.15, 0.2) is 12.1 Å². The Bertz CT molecular complexity index is 503. The van der Waals surface area contributed by atoms with E-state index >= 15 is 0 Å². The fourth-order valence-electron chi connectivity index (χ4n) is 1.43. The molecule has 7 heteroatoms. The first-order chi connectivity index (χ1) is 8.81. The number of nitrogens with zero attached hydrogens (tertiary/aromatic N) is 1. The molecule has 104 valence electrons. The first-order valence-electron chi connectivity index (χ1n) is 5.79. The number of carbonyl (C=O) groups is 1. The Kier molecular flexibility index (Phi) is 5.26. The summed E-state index contributed by atoms with van der Waals surface area (Å²) in [6, 6.07) is 2.93. The van der Waals surface area contributed by atoms with Gasteiger partial charge in [-0.1, -0.05) is 25.4 Å². The minimum atomic E-state index is -0.554. The largest absolute Gasteiger partial charge is 0.325 e. The van der Waals surface area contributed by atoms with Gasteiger partial charge in [-0.25, -0.2) is 0 Å². The average Bonchev–Trinajstić information content (AvgIpc) is 2.30. The molecule has 0 saturated carbocycles. The van der Waals surface area contributed by atoms with E-state index in [-0.39, 0.29) is 29.2 Å². The molecule has 0 aliphatic heterocycles. The fourth-order valence-corrected chi connectivity index (χ4v) is 1.66. The van der Waals surface area contributed by atoms with Crippen LogP contribution < -0.4 is 10.6 Å². The van der Waals surface area contributed by atoms with Gasteiger partial charge in [0.1, 0.15) is 5.02 Å². The van der Waals surface area contributed by atoms with E-state index < -0.39 is 4.92 Å². The predicted octanol–water partition coefficient (Wildman–Crippen LogP) is 2.49. The third-order valence-corrected chi connectivity index (χ3v) is 2.74. The minimum absolute atomic E-state index is 0.00252. The van der Waals surface area contributed by atoms with Crippen molar-refractivity contribution in [1.29, 1.82) is 0 Å². The molecule has 19 heavy (non-hydrogen) atoms. The lowest BCUT2D eigenvalue weighted by Gasteiger charge is -2.11. The molecular weight excluding hydrogens is 270 g/mol. The summed E-state index contributed by atoms with van der Waals surface area (Å²) in [4.78, 5) is 21.8. The van der Waals surface area contributed by atoms with Crippen LogP contribution in [0.5, 0.6) is 0 Å². The van der Waals surface area contributed by atoms with E-state index in [4.69, 9.17) is 11.6 Å². The Morgan fingerprint density at radius 1 is 1.47 bits per heavy atom. The summed E-state index contributed by atoms with van der Waals surface area (Å²) in [6.07, 6.45) is 0. The zero-order valence-corrected chi connectivity index (χ0v) is 11.7. The quantitative estimate of drug-likeness (QED) is 0.643. The van der Waals surface area contributed by atoms with Crippen molar-refractivity contribution in [3.05, 3.63) is 32.8 Å². The molecule has 0 atom stereocenters. The van der Waals surface area contributed by atoms with E-state index in [0.717, 1.165) is 0 Å². The maximum absolute atomic E-state index is 11.6. The number of anilines is 1.